The normalized spacial score (nSPS) is 12.7. The number of carboxylic acids is 2. The molecule has 0 saturated carbocycles. The van der Waals surface area contributed by atoms with Crippen LogP contribution in [0.5, 0.6) is 0 Å². The first-order valence-corrected chi connectivity index (χ1v) is 8.64. The van der Waals surface area contributed by atoms with Crippen molar-refractivity contribution in [3.05, 3.63) is 93.0 Å². The minimum atomic E-state index is -1.32. The summed E-state index contributed by atoms with van der Waals surface area (Å²) in [6.45, 7) is 0. The van der Waals surface area contributed by atoms with Gasteiger partial charge in [-0.05, 0) is 40.8 Å². The quantitative estimate of drug-likeness (QED) is 0.686. The van der Waals surface area contributed by atoms with Crippen molar-refractivity contribution < 1.29 is 24.6 Å². The largest absolute Gasteiger partial charge is 0.478 e. The third kappa shape index (κ3) is 4.17. The van der Waals surface area contributed by atoms with Gasteiger partial charge in [0.05, 0.1) is 16.7 Å². The van der Waals surface area contributed by atoms with Gasteiger partial charge in [-0.1, -0.05) is 47.8 Å². The molecule has 0 fully saturated rings. The van der Waals surface area contributed by atoms with E-state index in [1.807, 2.05) is 35.7 Å². The molecule has 0 saturated heterocycles. The van der Waals surface area contributed by atoms with Crippen LogP contribution in [0.2, 0.25) is 0 Å². The molecule has 134 valence electrons. The molecule has 7 heteroatoms. The Hall–Kier alpha value is -3.54. The molecule has 2 aromatic rings. The minimum Gasteiger partial charge on any atom is -0.478 e. The maximum absolute atomic E-state index is 12.5. The van der Waals surface area contributed by atoms with Crippen LogP contribution in [0, 0.1) is 0 Å². The second-order valence-electron chi connectivity index (χ2n) is 5.50. The lowest BCUT2D eigenvalue weighted by molar-refractivity contribution is 0.0678. The second kappa shape index (κ2) is 7.78. The standard InChI is InChI=1S/C20H13NO5S/c22-18(16-10-13(19(23)24)6-8-15(16)20(25)26)21-17-9-7-14(11-27-17)12-4-2-1-3-5-12/h1-8,10-11H,(H,21,22)(H,23,24)(H,25,26). The van der Waals surface area contributed by atoms with Crippen molar-refractivity contribution in [1.29, 1.82) is 0 Å². The van der Waals surface area contributed by atoms with Gasteiger partial charge in [-0.15, -0.1) is 0 Å². The lowest BCUT2D eigenvalue weighted by Crippen LogP contribution is -2.24. The van der Waals surface area contributed by atoms with Crippen molar-refractivity contribution >= 4 is 35.2 Å². The maximum Gasteiger partial charge on any atom is 0.336 e. The fourth-order valence-electron chi connectivity index (χ4n) is 2.40. The van der Waals surface area contributed by atoms with Gasteiger partial charge in [-0.25, -0.2) is 9.59 Å². The number of thioether (sulfide) groups is 1. The molecule has 0 aromatic heterocycles. The smallest absolute Gasteiger partial charge is 0.336 e. The van der Waals surface area contributed by atoms with Gasteiger partial charge in [0.1, 0.15) is 5.03 Å². The lowest BCUT2D eigenvalue weighted by atomic mass is 10.0. The molecule has 1 aliphatic rings. The molecule has 0 radical (unpaired) electrons. The van der Waals surface area contributed by atoms with Gasteiger partial charge >= 0.3 is 11.9 Å². The molecular weight excluding hydrogens is 366 g/mol. The number of allylic oxidation sites excluding steroid dienone is 2. The van der Waals surface area contributed by atoms with E-state index in [9.17, 15) is 19.5 Å². The van der Waals surface area contributed by atoms with Crippen molar-refractivity contribution in [3.63, 3.8) is 0 Å². The van der Waals surface area contributed by atoms with E-state index in [0.29, 0.717) is 5.03 Å². The number of nitrogens with one attached hydrogen (secondary N) is 1. The highest BCUT2D eigenvalue weighted by Gasteiger charge is 2.20. The molecule has 6 nitrogen and oxygen atoms in total. The number of rotatable bonds is 5. The van der Waals surface area contributed by atoms with Crippen LogP contribution in [-0.2, 0) is 0 Å². The third-order valence-electron chi connectivity index (χ3n) is 3.74. The first-order valence-electron chi connectivity index (χ1n) is 7.76. The van der Waals surface area contributed by atoms with Crippen molar-refractivity contribution in [2.75, 3.05) is 0 Å². The highest BCUT2D eigenvalue weighted by molar-refractivity contribution is 8.06. The third-order valence-corrected chi connectivity index (χ3v) is 4.57. The Labute approximate surface area is 158 Å². The minimum absolute atomic E-state index is 0.169. The van der Waals surface area contributed by atoms with Gasteiger partial charge in [0.15, 0.2) is 0 Å². The van der Waals surface area contributed by atoms with Crippen LogP contribution in [0.1, 0.15) is 36.6 Å². The van der Waals surface area contributed by atoms with Gasteiger partial charge in [-0.2, -0.15) is 0 Å². The Balaban J connectivity index is 1.84. The van der Waals surface area contributed by atoms with E-state index < -0.39 is 17.8 Å². The number of amides is 1. The van der Waals surface area contributed by atoms with E-state index in [1.165, 1.54) is 11.8 Å². The number of carbonyl (C=O) groups is 3. The zero-order valence-corrected chi connectivity index (χ0v) is 14.6. The highest BCUT2D eigenvalue weighted by atomic mass is 32.2. The van der Waals surface area contributed by atoms with E-state index >= 15 is 0 Å². The van der Waals surface area contributed by atoms with Gasteiger partial charge in [0.2, 0.25) is 0 Å². The monoisotopic (exact) mass is 379 g/mol. The zero-order chi connectivity index (χ0) is 19.4. The van der Waals surface area contributed by atoms with Crippen molar-refractivity contribution in [2.24, 2.45) is 0 Å². The SMILES string of the molecule is O=C(O)c1ccc(C(=O)O)c(C(=O)NC2=C=CC(c3ccccc3)=CS2)c1. The number of aromatic carboxylic acids is 2. The van der Waals surface area contributed by atoms with Crippen molar-refractivity contribution in [1.82, 2.24) is 5.32 Å². The summed E-state index contributed by atoms with van der Waals surface area (Å²) >= 11 is 1.23. The van der Waals surface area contributed by atoms with Crippen molar-refractivity contribution in [2.45, 2.75) is 0 Å². The molecule has 1 aliphatic heterocycles. The Morgan fingerprint density at radius 3 is 2.26 bits per heavy atom. The van der Waals surface area contributed by atoms with Crippen LogP contribution in [0.25, 0.3) is 5.57 Å². The van der Waals surface area contributed by atoms with Gasteiger partial charge in [0, 0.05) is 0 Å². The van der Waals surface area contributed by atoms with E-state index in [1.54, 1.807) is 6.08 Å². The number of hydrogen-bond donors (Lipinski definition) is 3. The summed E-state index contributed by atoms with van der Waals surface area (Å²) < 4.78 is 0. The molecule has 1 heterocycles. The fraction of sp³-hybridized carbons (Fsp3) is 0. The van der Waals surface area contributed by atoms with Crippen LogP contribution < -0.4 is 5.32 Å². The predicted octanol–water partition coefficient (Wildman–Crippen LogP) is 3.60. The summed E-state index contributed by atoms with van der Waals surface area (Å²) in [5.41, 5.74) is 4.21. The Kier molecular flexibility index (Phi) is 5.26. The van der Waals surface area contributed by atoms with E-state index in [-0.39, 0.29) is 16.7 Å². The molecule has 27 heavy (non-hydrogen) atoms. The number of benzene rings is 2. The summed E-state index contributed by atoms with van der Waals surface area (Å²) in [5.74, 6) is -3.28. The van der Waals surface area contributed by atoms with E-state index in [2.05, 4.69) is 11.0 Å². The molecule has 0 bridgehead atoms. The zero-order valence-electron chi connectivity index (χ0n) is 13.8. The van der Waals surface area contributed by atoms with Crippen LogP contribution in [0.3, 0.4) is 0 Å². The van der Waals surface area contributed by atoms with E-state index in [0.717, 1.165) is 29.3 Å². The number of carbonyl (C=O) groups excluding carboxylic acids is 1. The Morgan fingerprint density at radius 2 is 1.67 bits per heavy atom. The number of carboxylic acid groups (broad SMARTS) is 2. The van der Waals surface area contributed by atoms with Crippen LogP contribution in [0.4, 0.5) is 0 Å². The summed E-state index contributed by atoms with van der Waals surface area (Å²) in [6, 6.07) is 12.9. The molecule has 0 aliphatic carbocycles. The molecule has 2 aromatic carbocycles. The number of hydrogen-bond acceptors (Lipinski definition) is 4. The Bertz CT molecular complexity index is 1030. The molecule has 3 N–H and O–H groups in total. The average molecular weight is 379 g/mol. The summed E-state index contributed by atoms with van der Waals surface area (Å²) in [7, 11) is 0. The summed E-state index contributed by atoms with van der Waals surface area (Å²) in [4.78, 5) is 34.9. The lowest BCUT2D eigenvalue weighted by Gasteiger charge is -2.11. The Morgan fingerprint density at radius 1 is 0.926 bits per heavy atom. The predicted molar refractivity (Wildman–Crippen MR) is 101 cm³/mol. The van der Waals surface area contributed by atoms with E-state index in [4.69, 9.17) is 5.11 Å². The first kappa shape index (κ1) is 18.3. The molecular formula is C20H13NO5S. The summed E-state index contributed by atoms with van der Waals surface area (Å²) in [5, 5.41) is 23.1. The van der Waals surface area contributed by atoms with Crippen LogP contribution in [-0.4, -0.2) is 28.1 Å². The van der Waals surface area contributed by atoms with Crippen molar-refractivity contribution in [3.8, 4) is 0 Å². The highest BCUT2D eigenvalue weighted by Crippen LogP contribution is 2.27. The molecule has 0 spiro atoms. The topological polar surface area (TPSA) is 104 Å². The van der Waals surface area contributed by atoms with Gasteiger partial charge in [-0.3, -0.25) is 4.79 Å². The molecule has 1 amide bonds. The van der Waals surface area contributed by atoms with Gasteiger partial charge < -0.3 is 15.5 Å². The van der Waals surface area contributed by atoms with Crippen LogP contribution >= 0.6 is 11.8 Å². The molecule has 3 rings (SSSR count). The first-order chi connectivity index (χ1) is 13.0. The molecule has 0 unspecified atom stereocenters. The van der Waals surface area contributed by atoms with Gasteiger partial charge in [0.25, 0.3) is 5.91 Å². The fourth-order valence-corrected chi connectivity index (χ4v) is 3.13. The average Bonchev–Trinajstić information content (AvgIpc) is 2.68. The van der Waals surface area contributed by atoms with Crippen LogP contribution in [0.15, 0.2) is 70.8 Å². The molecule has 0 atom stereocenters. The summed E-state index contributed by atoms with van der Waals surface area (Å²) in [6.07, 6.45) is 1.72. The maximum atomic E-state index is 12.5. The second-order valence-corrected chi connectivity index (χ2v) is 6.38.